The molecular formula is C22H21NO3. The highest BCUT2D eigenvalue weighted by atomic mass is 16.5. The monoisotopic (exact) mass is 347 g/mol. The number of hydrogen-bond acceptors (Lipinski definition) is 4. The summed E-state index contributed by atoms with van der Waals surface area (Å²) in [6.45, 7) is 2.44. The lowest BCUT2D eigenvalue weighted by Gasteiger charge is -2.10. The van der Waals surface area contributed by atoms with Crippen LogP contribution in [0.15, 0.2) is 78.9 Å². The van der Waals surface area contributed by atoms with Crippen molar-refractivity contribution >= 4 is 11.7 Å². The third-order valence-corrected chi connectivity index (χ3v) is 3.75. The third kappa shape index (κ3) is 5.11. The molecule has 26 heavy (non-hydrogen) atoms. The maximum atomic E-state index is 11.3. The summed E-state index contributed by atoms with van der Waals surface area (Å²) in [6, 6.07) is 25.0. The fraction of sp³-hybridized carbons (Fsp3) is 0.136. The summed E-state index contributed by atoms with van der Waals surface area (Å²) >= 11 is 0. The van der Waals surface area contributed by atoms with E-state index in [4.69, 9.17) is 9.47 Å². The molecule has 0 aromatic heterocycles. The molecule has 0 unspecified atom stereocenters. The number of carbonyl (C=O) groups is 1. The van der Waals surface area contributed by atoms with E-state index in [1.54, 1.807) is 19.1 Å². The highest BCUT2D eigenvalue weighted by Gasteiger charge is 2.02. The zero-order valence-electron chi connectivity index (χ0n) is 14.6. The minimum absolute atomic E-state index is 0.235. The Bertz CT molecular complexity index is 845. The number of benzene rings is 3. The number of hydrogen-bond donors (Lipinski definition) is 1. The molecule has 0 radical (unpaired) electrons. The molecule has 0 amide bonds. The summed E-state index contributed by atoms with van der Waals surface area (Å²) in [5.41, 5.74) is 2.07. The highest BCUT2D eigenvalue weighted by molar-refractivity contribution is 5.72. The molecule has 0 aliphatic rings. The van der Waals surface area contributed by atoms with Gasteiger partial charge in [-0.1, -0.05) is 37.3 Å². The van der Waals surface area contributed by atoms with Gasteiger partial charge in [0.25, 0.3) is 0 Å². The summed E-state index contributed by atoms with van der Waals surface area (Å²) in [6.07, 6.45) is 0.362. The zero-order chi connectivity index (χ0) is 18.2. The Hall–Kier alpha value is -3.27. The lowest BCUT2D eigenvalue weighted by molar-refractivity contribution is -0.134. The molecule has 3 rings (SSSR count). The van der Waals surface area contributed by atoms with E-state index in [0.717, 1.165) is 22.7 Å². The Labute approximate surface area is 153 Å². The van der Waals surface area contributed by atoms with E-state index in [1.807, 2.05) is 66.7 Å². The Kier molecular flexibility index (Phi) is 5.88. The second kappa shape index (κ2) is 8.72. The Morgan fingerprint density at radius 3 is 2.31 bits per heavy atom. The van der Waals surface area contributed by atoms with Crippen LogP contribution < -0.4 is 14.8 Å². The number of ether oxygens (including phenoxy) is 2. The average Bonchev–Trinajstić information content (AvgIpc) is 2.68. The molecule has 4 heteroatoms. The Morgan fingerprint density at radius 1 is 0.846 bits per heavy atom. The van der Waals surface area contributed by atoms with Crippen molar-refractivity contribution < 1.29 is 14.3 Å². The summed E-state index contributed by atoms with van der Waals surface area (Å²) in [5, 5.41) is 3.35. The molecule has 0 spiro atoms. The van der Waals surface area contributed by atoms with Crippen molar-refractivity contribution in [3.8, 4) is 17.2 Å². The quantitative estimate of drug-likeness (QED) is 0.459. The largest absolute Gasteiger partial charge is 0.457 e. The van der Waals surface area contributed by atoms with Crippen LogP contribution in [-0.2, 0) is 11.3 Å². The average molecular weight is 347 g/mol. The van der Waals surface area contributed by atoms with Gasteiger partial charge in [0.1, 0.15) is 17.2 Å². The van der Waals surface area contributed by atoms with E-state index in [9.17, 15) is 4.79 Å². The van der Waals surface area contributed by atoms with E-state index in [-0.39, 0.29) is 5.97 Å². The van der Waals surface area contributed by atoms with Crippen LogP contribution in [0.3, 0.4) is 0 Å². The van der Waals surface area contributed by atoms with Gasteiger partial charge in [0.2, 0.25) is 0 Å². The van der Waals surface area contributed by atoms with Gasteiger partial charge >= 0.3 is 5.97 Å². The molecule has 0 aliphatic heterocycles. The third-order valence-electron chi connectivity index (χ3n) is 3.75. The molecule has 0 saturated heterocycles. The second-order valence-corrected chi connectivity index (χ2v) is 5.77. The molecule has 3 aromatic rings. The molecule has 3 aromatic carbocycles. The van der Waals surface area contributed by atoms with Crippen molar-refractivity contribution in [2.75, 3.05) is 5.32 Å². The van der Waals surface area contributed by atoms with Crippen LogP contribution in [0.2, 0.25) is 0 Å². The molecule has 0 heterocycles. The topological polar surface area (TPSA) is 47.6 Å². The minimum atomic E-state index is -0.235. The van der Waals surface area contributed by atoms with Crippen LogP contribution in [0.25, 0.3) is 0 Å². The van der Waals surface area contributed by atoms with E-state index < -0.39 is 0 Å². The first-order valence-corrected chi connectivity index (χ1v) is 8.59. The molecule has 0 bridgehead atoms. The SMILES string of the molecule is CCC(=O)Oc1ccc(NCc2cccc(Oc3ccccc3)c2)cc1. The van der Waals surface area contributed by atoms with Gasteiger partial charge in [0.05, 0.1) is 0 Å². The molecule has 132 valence electrons. The van der Waals surface area contributed by atoms with Crippen LogP contribution in [0, 0.1) is 0 Å². The maximum Gasteiger partial charge on any atom is 0.310 e. The second-order valence-electron chi connectivity index (χ2n) is 5.77. The number of para-hydroxylation sites is 1. The molecule has 1 N–H and O–H groups in total. The van der Waals surface area contributed by atoms with E-state index in [1.165, 1.54) is 0 Å². The molecule has 0 saturated carbocycles. The number of rotatable bonds is 7. The lowest BCUT2D eigenvalue weighted by atomic mass is 10.2. The van der Waals surface area contributed by atoms with Crippen molar-refractivity contribution in [3.05, 3.63) is 84.4 Å². The first-order chi connectivity index (χ1) is 12.7. The first kappa shape index (κ1) is 17.5. The van der Waals surface area contributed by atoms with Gasteiger partial charge in [-0.25, -0.2) is 0 Å². The highest BCUT2D eigenvalue weighted by Crippen LogP contribution is 2.22. The van der Waals surface area contributed by atoms with Crippen molar-refractivity contribution in [3.63, 3.8) is 0 Å². The Morgan fingerprint density at radius 2 is 1.58 bits per heavy atom. The fourth-order valence-electron chi connectivity index (χ4n) is 2.39. The van der Waals surface area contributed by atoms with Gasteiger partial charge in [0, 0.05) is 18.7 Å². The van der Waals surface area contributed by atoms with E-state index in [2.05, 4.69) is 5.32 Å². The van der Waals surface area contributed by atoms with Gasteiger partial charge in [-0.05, 0) is 54.1 Å². The van der Waals surface area contributed by atoms with Crippen LogP contribution in [0.4, 0.5) is 5.69 Å². The van der Waals surface area contributed by atoms with Gasteiger partial charge in [0.15, 0.2) is 0 Å². The Balaban J connectivity index is 1.57. The van der Waals surface area contributed by atoms with Crippen molar-refractivity contribution in [2.45, 2.75) is 19.9 Å². The summed E-state index contributed by atoms with van der Waals surface area (Å²) in [7, 11) is 0. The van der Waals surface area contributed by atoms with Crippen molar-refractivity contribution in [1.82, 2.24) is 0 Å². The molecule has 0 atom stereocenters. The van der Waals surface area contributed by atoms with Crippen LogP contribution >= 0.6 is 0 Å². The molecular weight excluding hydrogens is 326 g/mol. The van der Waals surface area contributed by atoms with Gasteiger partial charge < -0.3 is 14.8 Å². The van der Waals surface area contributed by atoms with E-state index in [0.29, 0.717) is 18.7 Å². The molecule has 0 fully saturated rings. The number of esters is 1. The zero-order valence-corrected chi connectivity index (χ0v) is 14.6. The van der Waals surface area contributed by atoms with E-state index >= 15 is 0 Å². The number of carbonyl (C=O) groups excluding carboxylic acids is 1. The number of anilines is 1. The predicted octanol–water partition coefficient (Wildman–Crippen LogP) is 5.41. The van der Waals surface area contributed by atoms with Gasteiger partial charge in [-0.2, -0.15) is 0 Å². The summed E-state index contributed by atoms with van der Waals surface area (Å²) in [4.78, 5) is 11.3. The minimum Gasteiger partial charge on any atom is -0.457 e. The van der Waals surface area contributed by atoms with Crippen LogP contribution in [-0.4, -0.2) is 5.97 Å². The van der Waals surface area contributed by atoms with Crippen LogP contribution in [0.5, 0.6) is 17.2 Å². The van der Waals surface area contributed by atoms with Crippen molar-refractivity contribution in [2.24, 2.45) is 0 Å². The smallest absolute Gasteiger partial charge is 0.310 e. The summed E-state index contributed by atoms with van der Waals surface area (Å²) in [5.74, 6) is 1.94. The van der Waals surface area contributed by atoms with Gasteiger partial charge in [-0.3, -0.25) is 4.79 Å². The van der Waals surface area contributed by atoms with Crippen molar-refractivity contribution in [1.29, 1.82) is 0 Å². The standard InChI is InChI=1S/C22H21NO3/c1-2-22(24)26-20-13-11-18(12-14-20)23-16-17-7-6-10-21(15-17)25-19-8-4-3-5-9-19/h3-15,23H,2,16H2,1H3. The fourth-order valence-corrected chi connectivity index (χ4v) is 2.39. The molecule has 0 aliphatic carbocycles. The molecule has 4 nitrogen and oxygen atoms in total. The predicted molar refractivity (Wildman–Crippen MR) is 103 cm³/mol. The normalized spacial score (nSPS) is 10.2. The number of nitrogens with one attached hydrogen (secondary N) is 1. The van der Waals surface area contributed by atoms with Gasteiger partial charge in [-0.15, -0.1) is 0 Å². The van der Waals surface area contributed by atoms with Crippen LogP contribution in [0.1, 0.15) is 18.9 Å². The summed E-state index contributed by atoms with van der Waals surface area (Å²) < 4.78 is 11.0. The first-order valence-electron chi connectivity index (χ1n) is 8.59. The lowest BCUT2D eigenvalue weighted by Crippen LogP contribution is -2.05. The maximum absolute atomic E-state index is 11.3.